The first-order valence-corrected chi connectivity index (χ1v) is 4.83. The van der Waals surface area contributed by atoms with E-state index in [-0.39, 0.29) is 5.97 Å². The van der Waals surface area contributed by atoms with Gasteiger partial charge in [0.15, 0.2) is 5.69 Å². The van der Waals surface area contributed by atoms with Gasteiger partial charge in [0.1, 0.15) is 6.33 Å². The second kappa shape index (κ2) is 3.73. The number of hydrogen-bond donors (Lipinski definition) is 0. The first-order chi connectivity index (χ1) is 7.22. The molecule has 2 aromatic rings. The number of ether oxygens (including phenoxy) is 1. The van der Waals surface area contributed by atoms with Crippen LogP contribution >= 0.6 is 0 Å². The second-order valence-electron chi connectivity index (χ2n) is 3.26. The summed E-state index contributed by atoms with van der Waals surface area (Å²) < 4.78 is 6.79. The van der Waals surface area contributed by atoms with Crippen molar-refractivity contribution in [3.05, 3.63) is 35.9 Å². The lowest BCUT2D eigenvalue weighted by Gasteiger charge is -2.02. The predicted molar refractivity (Wildman–Crippen MR) is 55.9 cm³/mol. The maximum absolute atomic E-state index is 11.4. The molecule has 4 nitrogen and oxygen atoms in total. The summed E-state index contributed by atoms with van der Waals surface area (Å²) in [5.74, 6) is -0.376. The Bertz CT molecular complexity index is 502. The van der Waals surface area contributed by atoms with Crippen LogP contribution in [-0.2, 0) is 4.74 Å². The molecule has 2 rings (SSSR count). The highest BCUT2D eigenvalue weighted by atomic mass is 16.5. The molecule has 0 atom stereocenters. The van der Waals surface area contributed by atoms with Crippen LogP contribution in [0.4, 0.5) is 0 Å². The van der Waals surface area contributed by atoms with Crippen LogP contribution in [-0.4, -0.2) is 22.0 Å². The normalized spacial score (nSPS) is 10.5. The molecule has 0 aliphatic heterocycles. The summed E-state index contributed by atoms with van der Waals surface area (Å²) in [6.45, 7) is 4.13. The van der Waals surface area contributed by atoms with Gasteiger partial charge < -0.3 is 9.14 Å². The van der Waals surface area contributed by atoms with Crippen molar-refractivity contribution in [3.8, 4) is 0 Å². The number of esters is 1. The zero-order valence-electron chi connectivity index (χ0n) is 8.73. The van der Waals surface area contributed by atoms with Crippen LogP contribution in [0.1, 0.15) is 23.1 Å². The number of carbonyl (C=O) groups excluding carboxylic acids is 1. The number of rotatable bonds is 2. The zero-order chi connectivity index (χ0) is 10.8. The van der Waals surface area contributed by atoms with Gasteiger partial charge in [-0.05, 0) is 32.0 Å². The smallest absolute Gasteiger partial charge is 0.357 e. The monoisotopic (exact) mass is 204 g/mol. The van der Waals surface area contributed by atoms with E-state index >= 15 is 0 Å². The number of carbonyl (C=O) groups is 1. The number of aromatic nitrogens is 2. The number of nitrogens with zero attached hydrogens (tertiary/aromatic N) is 2. The van der Waals surface area contributed by atoms with Crippen molar-refractivity contribution in [1.82, 2.24) is 9.38 Å². The van der Waals surface area contributed by atoms with E-state index in [2.05, 4.69) is 4.98 Å². The maximum atomic E-state index is 11.4. The van der Waals surface area contributed by atoms with Crippen molar-refractivity contribution in [3.63, 3.8) is 0 Å². The van der Waals surface area contributed by atoms with Gasteiger partial charge in [-0.25, -0.2) is 9.78 Å². The van der Waals surface area contributed by atoms with Gasteiger partial charge in [-0.3, -0.25) is 0 Å². The molecule has 0 radical (unpaired) electrons. The van der Waals surface area contributed by atoms with Crippen molar-refractivity contribution < 1.29 is 9.53 Å². The van der Waals surface area contributed by atoms with E-state index in [0.29, 0.717) is 12.3 Å². The Morgan fingerprint density at radius 2 is 2.33 bits per heavy atom. The van der Waals surface area contributed by atoms with Crippen molar-refractivity contribution in [1.29, 1.82) is 0 Å². The molecule has 2 heterocycles. The van der Waals surface area contributed by atoms with Crippen LogP contribution in [0.15, 0.2) is 24.5 Å². The van der Waals surface area contributed by atoms with Crippen LogP contribution in [0, 0.1) is 6.92 Å². The molecule has 0 fully saturated rings. The van der Waals surface area contributed by atoms with Gasteiger partial charge in [0, 0.05) is 11.2 Å². The molecule has 78 valence electrons. The van der Waals surface area contributed by atoms with Crippen molar-refractivity contribution in [2.24, 2.45) is 0 Å². The van der Waals surface area contributed by atoms with Crippen LogP contribution in [0.25, 0.3) is 5.52 Å². The van der Waals surface area contributed by atoms with Gasteiger partial charge in [0.25, 0.3) is 0 Å². The molecule has 0 saturated carbocycles. The third-order valence-corrected chi connectivity index (χ3v) is 2.23. The Labute approximate surface area is 87.5 Å². The summed E-state index contributed by atoms with van der Waals surface area (Å²) in [4.78, 5) is 15.4. The summed E-state index contributed by atoms with van der Waals surface area (Å²) >= 11 is 0. The highest BCUT2D eigenvalue weighted by molar-refractivity contribution is 5.88. The minimum absolute atomic E-state index is 0.349. The highest BCUT2D eigenvalue weighted by Gasteiger charge is 2.09. The van der Waals surface area contributed by atoms with E-state index in [0.717, 1.165) is 11.2 Å². The van der Waals surface area contributed by atoms with E-state index in [1.54, 1.807) is 19.3 Å². The molecule has 0 aromatic carbocycles. The number of fused-ring (bicyclic) bond motifs is 1. The fourth-order valence-corrected chi connectivity index (χ4v) is 1.46. The Kier molecular flexibility index (Phi) is 2.41. The lowest BCUT2D eigenvalue weighted by atomic mass is 10.3. The largest absolute Gasteiger partial charge is 0.461 e. The van der Waals surface area contributed by atoms with E-state index in [1.165, 1.54) is 0 Å². The summed E-state index contributed by atoms with van der Waals surface area (Å²) in [6, 6.07) is 5.65. The Balaban J connectivity index is 2.43. The molecule has 4 heteroatoms. The lowest BCUT2D eigenvalue weighted by molar-refractivity contribution is 0.0519. The van der Waals surface area contributed by atoms with Gasteiger partial charge in [0.2, 0.25) is 0 Å². The van der Waals surface area contributed by atoms with Gasteiger partial charge in [-0.2, -0.15) is 0 Å². The van der Waals surface area contributed by atoms with Crippen LogP contribution < -0.4 is 0 Å². The molecule has 0 aliphatic rings. The van der Waals surface area contributed by atoms with Gasteiger partial charge in [0.05, 0.1) is 6.61 Å². The molecule has 0 N–H and O–H groups in total. The molecular weight excluding hydrogens is 192 g/mol. The van der Waals surface area contributed by atoms with E-state index in [9.17, 15) is 4.79 Å². The summed E-state index contributed by atoms with van der Waals surface area (Å²) in [5, 5.41) is 0. The first-order valence-electron chi connectivity index (χ1n) is 4.83. The quantitative estimate of drug-likeness (QED) is 0.701. The average Bonchev–Trinajstić information content (AvgIpc) is 2.60. The topological polar surface area (TPSA) is 43.6 Å². The van der Waals surface area contributed by atoms with Crippen LogP contribution in [0.3, 0.4) is 0 Å². The average molecular weight is 204 g/mol. The molecule has 15 heavy (non-hydrogen) atoms. The summed E-state index contributed by atoms with van der Waals surface area (Å²) in [6.07, 6.45) is 1.64. The third-order valence-electron chi connectivity index (χ3n) is 2.23. The first kappa shape index (κ1) is 9.71. The van der Waals surface area contributed by atoms with Gasteiger partial charge in [-0.15, -0.1) is 0 Å². The standard InChI is InChI=1S/C11H12N2O2/c1-3-15-11(14)10-6-9-5-4-8(2)13(9)7-12-10/h4-7H,3H2,1-2H3. The van der Waals surface area contributed by atoms with Crippen molar-refractivity contribution in [2.75, 3.05) is 6.61 Å². The molecule has 2 aromatic heterocycles. The predicted octanol–water partition coefficient (Wildman–Crippen LogP) is 1.82. The minimum Gasteiger partial charge on any atom is -0.461 e. The second-order valence-corrected chi connectivity index (χ2v) is 3.26. The van der Waals surface area contributed by atoms with E-state index < -0.39 is 0 Å². The molecule has 0 bridgehead atoms. The summed E-state index contributed by atoms with van der Waals surface area (Å²) in [7, 11) is 0. The van der Waals surface area contributed by atoms with Crippen LogP contribution in [0.5, 0.6) is 0 Å². The fraction of sp³-hybridized carbons (Fsp3) is 0.273. The Morgan fingerprint density at radius 1 is 1.53 bits per heavy atom. The van der Waals surface area contributed by atoms with E-state index in [4.69, 9.17) is 4.74 Å². The molecule has 0 saturated heterocycles. The molecule has 0 amide bonds. The van der Waals surface area contributed by atoms with E-state index in [1.807, 2.05) is 23.5 Å². The fourth-order valence-electron chi connectivity index (χ4n) is 1.46. The SMILES string of the molecule is CCOC(=O)c1cc2ccc(C)n2cn1. The third kappa shape index (κ3) is 1.70. The molecular formula is C11H12N2O2. The molecule has 0 unspecified atom stereocenters. The Morgan fingerprint density at radius 3 is 3.07 bits per heavy atom. The molecule has 0 aliphatic carbocycles. The van der Waals surface area contributed by atoms with Gasteiger partial charge in [-0.1, -0.05) is 0 Å². The Hall–Kier alpha value is -1.84. The maximum Gasteiger partial charge on any atom is 0.357 e. The number of aryl methyl sites for hydroxylation is 1. The van der Waals surface area contributed by atoms with Crippen molar-refractivity contribution in [2.45, 2.75) is 13.8 Å². The van der Waals surface area contributed by atoms with Gasteiger partial charge >= 0.3 is 5.97 Å². The summed E-state index contributed by atoms with van der Waals surface area (Å²) in [5.41, 5.74) is 2.39. The number of hydrogen-bond acceptors (Lipinski definition) is 3. The van der Waals surface area contributed by atoms with Crippen LogP contribution in [0.2, 0.25) is 0 Å². The molecule has 0 spiro atoms. The lowest BCUT2D eigenvalue weighted by Crippen LogP contribution is -2.07. The van der Waals surface area contributed by atoms with Crippen molar-refractivity contribution >= 4 is 11.5 Å². The minimum atomic E-state index is -0.376. The highest BCUT2D eigenvalue weighted by Crippen LogP contribution is 2.10. The zero-order valence-corrected chi connectivity index (χ0v) is 8.73.